The normalized spacial score (nSPS) is 26.7. The number of rotatable bonds is 2. The zero-order valence-corrected chi connectivity index (χ0v) is 14.2. The van der Waals surface area contributed by atoms with Gasteiger partial charge in [-0.05, 0) is 35.6 Å². The highest BCUT2D eigenvalue weighted by Crippen LogP contribution is 2.50. The maximum atomic E-state index is 12.8. The van der Waals surface area contributed by atoms with Gasteiger partial charge in [-0.15, -0.1) is 12.4 Å². The zero-order chi connectivity index (χ0) is 15.1. The van der Waals surface area contributed by atoms with Gasteiger partial charge < -0.3 is 10.2 Å². The van der Waals surface area contributed by atoms with Gasteiger partial charge in [0.25, 0.3) is 0 Å². The minimum atomic E-state index is 0. The van der Waals surface area contributed by atoms with Crippen molar-refractivity contribution in [1.29, 1.82) is 0 Å². The van der Waals surface area contributed by atoms with Crippen molar-refractivity contribution in [2.75, 3.05) is 19.6 Å². The first-order valence-electron chi connectivity index (χ1n) is 8.24. The summed E-state index contributed by atoms with van der Waals surface area (Å²) in [5.41, 5.74) is 1.35. The lowest BCUT2D eigenvalue weighted by Crippen LogP contribution is -2.52. The highest BCUT2D eigenvalue weighted by Gasteiger charge is 2.47. The molecule has 1 saturated carbocycles. The Hall–Kier alpha value is -1.58. The van der Waals surface area contributed by atoms with E-state index in [1.807, 2.05) is 0 Å². The van der Waals surface area contributed by atoms with E-state index in [9.17, 15) is 4.79 Å². The van der Waals surface area contributed by atoms with Gasteiger partial charge in [0.1, 0.15) is 0 Å². The molecule has 2 fully saturated rings. The third kappa shape index (κ3) is 2.96. The van der Waals surface area contributed by atoms with Crippen LogP contribution in [0, 0.1) is 5.92 Å². The molecule has 1 heterocycles. The van der Waals surface area contributed by atoms with Crippen molar-refractivity contribution in [2.24, 2.45) is 5.92 Å². The van der Waals surface area contributed by atoms with Crippen LogP contribution in [0.1, 0.15) is 24.8 Å². The summed E-state index contributed by atoms with van der Waals surface area (Å²) in [4.78, 5) is 14.9. The minimum absolute atomic E-state index is 0. The molecule has 1 N–H and O–H groups in total. The number of nitrogens with one attached hydrogen (secondary N) is 1. The number of benzene rings is 2. The summed E-state index contributed by atoms with van der Waals surface area (Å²) >= 11 is 0. The Balaban J connectivity index is 0.00000156. The molecule has 2 aromatic rings. The summed E-state index contributed by atoms with van der Waals surface area (Å²) < 4.78 is 0. The molecule has 3 unspecified atom stereocenters. The number of halogens is 1. The molecule has 1 saturated heterocycles. The summed E-state index contributed by atoms with van der Waals surface area (Å²) in [6.45, 7) is 4.82. The van der Waals surface area contributed by atoms with Gasteiger partial charge in [-0.3, -0.25) is 4.79 Å². The molecule has 4 heteroatoms. The Kier molecular flexibility index (Phi) is 4.60. The molecule has 0 bridgehead atoms. The zero-order valence-electron chi connectivity index (χ0n) is 13.4. The third-order valence-electron chi connectivity index (χ3n) is 5.11. The van der Waals surface area contributed by atoms with Crippen molar-refractivity contribution in [3.8, 4) is 0 Å². The van der Waals surface area contributed by atoms with Crippen molar-refractivity contribution in [2.45, 2.75) is 25.3 Å². The second-order valence-electron chi connectivity index (χ2n) is 6.60. The SMILES string of the molecule is CC1CNCCN1C(=O)C1CC1c1cccc2ccccc12.Cl. The number of nitrogens with zero attached hydrogens (tertiary/aromatic N) is 1. The fourth-order valence-electron chi connectivity index (χ4n) is 3.77. The molecular formula is C19H23ClN2O. The summed E-state index contributed by atoms with van der Waals surface area (Å²) in [6, 6.07) is 15.3. The third-order valence-corrected chi connectivity index (χ3v) is 5.11. The van der Waals surface area contributed by atoms with E-state index < -0.39 is 0 Å². The predicted octanol–water partition coefficient (Wildman–Crippen LogP) is 3.19. The Bertz CT molecular complexity index is 712. The molecular weight excluding hydrogens is 308 g/mol. The predicted molar refractivity (Wildman–Crippen MR) is 96.1 cm³/mol. The summed E-state index contributed by atoms with van der Waals surface area (Å²) in [6.07, 6.45) is 1.00. The van der Waals surface area contributed by atoms with Crippen LogP contribution >= 0.6 is 12.4 Å². The van der Waals surface area contributed by atoms with Crippen molar-refractivity contribution >= 4 is 29.1 Å². The van der Waals surface area contributed by atoms with Crippen LogP contribution in [0.4, 0.5) is 0 Å². The monoisotopic (exact) mass is 330 g/mol. The van der Waals surface area contributed by atoms with Crippen LogP contribution in [-0.2, 0) is 4.79 Å². The number of hydrogen-bond acceptors (Lipinski definition) is 2. The maximum absolute atomic E-state index is 12.8. The number of piperazine rings is 1. The van der Waals surface area contributed by atoms with Crippen molar-refractivity contribution in [3.63, 3.8) is 0 Å². The van der Waals surface area contributed by atoms with Crippen molar-refractivity contribution in [3.05, 3.63) is 48.0 Å². The maximum Gasteiger partial charge on any atom is 0.226 e. The topological polar surface area (TPSA) is 32.3 Å². The van der Waals surface area contributed by atoms with E-state index >= 15 is 0 Å². The molecule has 1 aliphatic heterocycles. The lowest BCUT2D eigenvalue weighted by molar-refractivity contribution is -0.135. The second-order valence-corrected chi connectivity index (χ2v) is 6.60. The van der Waals surface area contributed by atoms with Gasteiger partial charge in [-0.25, -0.2) is 0 Å². The molecule has 3 nitrogen and oxygen atoms in total. The molecule has 122 valence electrons. The molecule has 23 heavy (non-hydrogen) atoms. The Morgan fingerprint density at radius 2 is 1.96 bits per heavy atom. The summed E-state index contributed by atoms with van der Waals surface area (Å²) in [5.74, 6) is 0.943. The largest absolute Gasteiger partial charge is 0.337 e. The first-order valence-corrected chi connectivity index (χ1v) is 8.24. The number of carbonyl (C=O) groups is 1. The van der Waals surface area contributed by atoms with Gasteiger partial charge >= 0.3 is 0 Å². The van der Waals surface area contributed by atoms with Gasteiger partial charge in [0.15, 0.2) is 0 Å². The van der Waals surface area contributed by atoms with E-state index in [4.69, 9.17) is 0 Å². The Morgan fingerprint density at radius 3 is 2.78 bits per heavy atom. The van der Waals surface area contributed by atoms with E-state index in [2.05, 4.69) is 59.6 Å². The lowest BCUT2D eigenvalue weighted by Gasteiger charge is -2.34. The highest BCUT2D eigenvalue weighted by molar-refractivity contribution is 5.89. The van der Waals surface area contributed by atoms with Crippen LogP contribution in [0.3, 0.4) is 0 Å². The molecule has 2 aromatic carbocycles. The number of carbonyl (C=O) groups excluding carboxylic acids is 1. The van der Waals surface area contributed by atoms with Crippen molar-refractivity contribution < 1.29 is 4.79 Å². The van der Waals surface area contributed by atoms with Gasteiger partial charge in [0.2, 0.25) is 5.91 Å². The van der Waals surface area contributed by atoms with Crippen LogP contribution in [0.5, 0.6) is 0 Å². The molecule has 1 aliphatic carbocycles. The van der Waals surface area contributed by atoms with Crippen LogP contribution < -0.4 is 5.32 Å². The molecule has 0 radical (unpaired) electrons. The smallest absolute Gasteiger partial charge is 0.226 e. The Labute approximate surface area is 143 Å². The van der Waals surface area contributed by atoms with E-state index in [-0.39, 0.29) is 18.3 Å². The average molecular weight is 331 g/mol. The molecule has 1 amide bonds. The number of amides is 1. The van der Waals surface area contributed by atoms with Crippen LogP contribution in [0.25, 0.3) is 10.8 Å². The highest BCUT2D eigenvalue weighted by atomic mass is 35.5. The fraction of sp³-hybridized carbons (Fsp3) is 0.421. The second kappa shape index (κ2) is 6.50. The quantitative estimate of drug-likeness (QED) is 0.917. The molecule has 2 aliphatic rings. The summed E-state index contributed by atoms with van der Waals surface area (Å²) in [5, 5.41) is 5.93. The van der Waals surface area contributed by atoms with E-state index in [0.29, 0.717) is 17.9 Å². The summed E-state index contributed by atoms with van der Waals surface area (Å²) in [7, 11) is 0. The average Bonchev–Trinajstić information content (AvgIpc) is 3.35. The van der Waals surface area contributed by atoms with Gasteiger partial charge in [-0.1, -0.05) is 42.5 Å². The van der Waals surface area contributed by atoms with Gasteiger partial charge in [-0.2, -0.15) is 0 Å². The molecule has 0 aromatic heterocycles. The minimum Gasteiger partial charge on any atom is -0.337 e. The van der Waals surface area contributed by atoms with Gasteiger partial charge in [0, 0.05) is 31.6 Å². The van der Waals surface area contributed by atoms with Crippen LogP contribution in [-0.4, -0.2) is 36.5 Å². The Morgan fingerprint density at radius 1 is 1.17 bits per heavy atom. The first-order chi connectivity index (χ1) is 10.8. The van der Waals surface area contributed by atoms with E-state index in [0.717, 1.165) is 26.1 Å². The molecule has 0 spiro atoms. The first kappa shape index (κ1) is 16.3. The number of fused-ring (bicyclic) bond motifs is 1. The van der Waals surface area contributed by atoms with Crippen molar-refractivity contribution in [1.82, 2.24) is 10.2 Å². The molecule has 3 atom stereocenters. The van der Waals surface area contributed by atoms with E-state index in [1.165, 1.54) is 16.3 Å². The van der Waals surface area contributed by atoms with Crippen LogP contribution in [0.2, 0.25) is 0 Å². The standard InChI is InChI=1S/C19H22N2O.ClH/c1-13-12-20-9-10-21(13)19(22)18-11-17(18)16-8-4-6-14-5-2-3-7-15(14)16;/h2-8,13,17-18,20H,9-12H2,1H3;1H. The molecule has 4 rings (SSSR count). The van der Waals surface area contributed by atoms with Gasteiger partial charge in [0.05, 0.1) is 0 Å². The van der Waals surface area contributed by atoms with E-state index in [1.54, 1.807) is 0 Å². The fourth-order valence-corrected chi connectivity index (χ4v) is 3.77. The number of hydrogen-bond donors (Lipinski definition) is 1. The lowest BCUT2D eigenvalue weighted by atomic mass is 10.00. The van der Waals surface area contributed by atoms with Crippen LogP contribution in [0.15, 0.2) is 42.5 Å².